The molecule has 1 fully saturated rings. The number of amides is 2. The Hall–Kier alpha value is -3.46. The molecule has 0 N–H and O–H groups in total. The number of hydrogen-bond acceptors (Lipinski definition) is 5. The second kappa shape index (κ2) is 7.59. The largest absolute Gasteiger partial charge is 0.481 e. The highest BCUT2D eigenvalue weighted by molar-refractivity contribution is 6.07. The van der Waals surface area contributed by atoms with Crippen molar-refractivity contribution in [1.29, 1.82) is 5.26 Å². The summed E-state index contributed by atoms with van der Waals surface area (Å²) < 4.78 is 5.58. The number of aryl methyl sites for hydroxylation is 1. The number of rotatable bonds is 4. The number of carbonyl (C=O) groups is 2. The van der Waals surface area contributed by atoms with Gasteiger partial charge in [0.1, 0.15) is 0 Å². The van der Waals surface area contributed by atoms with Crippen molar-refractivity contribution in [1.82, 2.24) is 9.88 Å². The monoisotopic (exact) mass is 427 g/mol. The van der Waals surface area contributed by atoms with E-state index in [4.69, 9.17) is 9.72 Å². The minimum absolute atomic E-state index is 0.0173. The summed E-state index contributed by atoms with van der Waals surface area (Å²) in [7, 11) is 1.64. The van der Waals surface area contributed by atoms with Crippen LogP contribution in [0.2, 0.25) is 0 Å². The highest BCUT2D eigenvalue weighted by Crippen LogP contribution is 2.37. The lowest BCUT2D eigenvalue weighted by Gasteiger charge is -2.28. The molecule has 0 spiro atoms. The minimum atomic E-state index is -1.05. The molecule has 6 heteroatoms. The predicted octanol–water partition coefficient (Wildman–Crippen LogP) is 3.63. The van der Waals surface area contributed by atoms with Gasteiger partial charge in [0, 0.05) is 10.9 Å². The molecule has 0 radical (unpaired) electrons. The highest BCUT2D eigenvalue weighted by atomic mass is 16.5. The number of fused-ring (bicyclic) bond motifs is 4. The fourth-order valence-corrected chi connectivity index (χ4v) is 5.22. The van der Waals surface area contributed by atoms with E-state index >= 15 is 0 Å². The Morgan fingerprint density at radius 1 is 1.12 bits per heavy atom. The van der Waals surface area contributed by atoms with Crippen LogP contribution in [0.3, 0.4) is 0 Å². The van der Waals surface area contributed by atoms with Crippen LogP contribution in [-0.2, 0) is 27.8 Å². The molecule has 0 saturated carbocycles. The second-order valence-electron chi connectivity index (χ2n) is 9.05. The number of allylic oxidation sites excluding steroid dienone is 2. The number of pyridine rings is 1. The number of nitrogens with zero attached hydrogens (tertiary/aromatic N) is 3. The minimum Gasteiger partial charge on any atom is -0.481 e. The van der Waals surface area contributed by atoms with Crippen molar-refractivity contribution in [3.8, 4) is 11.9 Å². The number of hydrogen-bond donors (Lipinski definition) is 0. The lowest BCUT2D eigenvalue weighted by Crippen LogP contribution is -2.42. The van der Waals surface area contributed by atoms with Crippen LogP contribution in [0.15, 0.2) is 42.5 Å². The van der Waals surface area contributed by atoms with Gasteiger partial charge >= 0.3 is 0 Å². The van der Waals surface area contributed by atoms with E-state index in [0.29, 0.717) is 5.88 Å². The quantitative estimate of drug-likeness (QED) is 0.696. The van der Waals surface area contributed by atoms with Gasteiger partial charge in [-0.05, 0) is 49.8 Å². The van der Waals surface area contributed by atoms with Gasteiger partial charge in [-0.25, -0.2) is 4.98 Å². The zero-order chi connectivity index (χ0) is 22.5. The summed E-state index contributed by atoms with van der Waals surface area (Å²) >= 11 is 0. The smallest absolute Gasteiger partial charge is 0.237 e. The molecule has 2 aliphatic carbocycles. The number of carbonyl (C=O) groups excluding carboxylic acids is 2. The summed E-state index contributed by atoms with van der Waals surface area (Å²) in [4.78, 5) is 31.8. The predicted molar refractivity (Wildman–Crippen MR) is 120 cm³/mol. The molecule has 3 unspecified atom stereocenters. The van der Waals surface area contributed by atoms with Crippen molar-refractivity contribution in [2.45, 2.75) is 38.0 Å². The first kappa shape index (κ1) is 20.4. The first-order chi connectivity index (χ1) is 15.5. The molecule has 1 aliphatic heterocycles. The van der Waals surface area contributed by atoms with E-state index in [-0.39, 0.29) is 18.4 Å². The van der Waals surface area contributed by atoms with Crippen LogP contribution >= 0.6 is 0 Å². The molecule has 1 saturated heterocycles. The number of methoxy groups -OCH3 is 1. The molecule has 0 bridgehead atoms. The Kier molecular flexibility index (Phi) is 4.85. The summed E-state index contributed by atoms with van der Waals surface area (Å²) in [5, 5.41) is 11.2. The van der Waals surface area contributed by atoms with Crippen molar-refractivity contribution in [2.24, 2.45) is 11.8 Å². The van der Waals surface area contributed by atoms with Crippen molar-refractivity contribution < 1.29 is 14.3 Å². The topological polar surface area (TPSA) is 83.3 Å². The molecule has 1 aromatic carbocycles. The first-order valence-electron chi connectivity index (χ1n) is 11.1. The Balaban J connectivity index is 1.53. The van der Waals surface area contributed by atoms with Gasteiger partial charge in [0.05, 0.1) is 42.5 Å². The van der Waals surface area contributed by atoms with Crippen LogP contribution in [0.5, 0.6) is 5.88 Å². The standard InChI is InChI=1S/C26H25N3O3/c1-26(14-27,15-29-24(30)20-9-5-6-10-21(20)25(29)31)16-11-12-18-17-7-3-4-8-19(17)23(32-2)28-22(18)13-16/h5-6,9-13,20-21H,3-4,7-8,15H2,1-2H3. The van der Waals surface area contributed by atoms with Crippen molar-refractivity contribution in [3.05, 3.63) is 59.2 Å². The van der Waals surface area contributed by atoms with Crippen LogP contribution in [0, 0.1) is 23.2 Å². The molecule has 2 heterocycles. The molecule has 3 atom stereocenters. The first-order valence-corrected chi connectivity index (χ1v) is 11.1. The SMILES string of the molecule is COc1nc2cc(C(C)(C#N)CN3C(=O)C4C=CC=CC4C3=O)ccc2c2c1CCCC2. The third-order valence-corrected chi connectivity index (χ3v) is 7.06. The Morgan fingerprint density at radius 3 is 2.41 bits per heavy atom. The summed E-state index contributed by atoms with van der Waals surface area (Å²) in [6.07, 6.45) is 11.3. The van der Waals surface area contributed by atoms with E-state index < -0.39 is 17.3 Å². The fraction of sp³-hybridized carbons (Fsp3) is 0.385. The molecule has 6 nitrogen and oxygen atoms in total. The lowest BCUT2D eigenvalue weighted by molar-refractivity contribution is -0.140. The van der Waals surface area contributed by atoms with Gasteiger partial charge in [0.15, 0.2) is 0 Å². The zero-order valence-corrected chi connectivity index (χ0v) is 18.3. The Labute approximate surface area is 187 Å². The van der Waals surface area contributed by atoms with Gasteiger partial charge in [-0.3, -0.25) is 14.5 Å². The third-order valence-electron chi connectivity index (χ3n) is 7.06. The average Bonchev–Trinajstić information content (AvgIpc) is 3.07. The number of imide groups is 1. The summed E-state index contributed by atoms with van der Waals surface area (Å²) in [6, 6.07) is 8.23. The van der Waals surface area contributed by atoms with Crippen LogP contribution in [0.1, 0.15) is 36.5 Å². The van der Waals surface area contributed by atoms with Gasteiger partial charge in [0.25, 0.3) is 0 Å². The number of nitriles is 1. The maximum absolute atomic E-state index is 12.9. The average molecular weight is 428 g/mol. The fourth-order valence-electron chi connectivity index (χ4n) is 5.22. The van der Waals surface area contributed by atoms with Gasteiger partial charge < -0.3 is 4.74 Å². The van der Waals surface area contributed by atoms with Crippen LogP contribution in [0.4, 0.5) is 0 Å². The van der Waals surface area contributed by atoms with E-state index in [2.05, 4.69) is 6.07 Å². The molecule has 5 rings (SSSR count). The molecule has 3 aliphatic rings. The number of aromatic nitrogens is 1. The maximum atomic E-state index is 12.9. The molecular weight excluding hydrogens is 402 g/mol. The van der Waals surface area contributed by atoms with E-state index in [1.807, 2.05) is 18.2 Å². The number of likely N-dealkylation sites (tertiary alicyclic amines) is 1. The number of ether oxygens (including phenoxy) is 1. The van der Waals surface area contributed by atoms with E-state index in [9.17, 15) is 14.9 Å². The van der Waals surface area contributed by atoms with Crippen molar-refractivity contribution >= 4 is 22.7 Å². The third kappa shape index (κ3) is 3.03. The van der Waals surface area contributed by atoms with Crippen LogP contribution in [-0.4, -0.2) is 35.4 Å². The molecule has 162 valence electrons. The van der Waals surface area contributed by atoms with Gasteiger partial charge in [-0.2, -0.15) is 5.26 Å². The number of benzene rings is 1. The van der Waals surface area contributed by atoms with Gasteiger partial charge in [-0.15, -0.1) is 0 Å². The highest BCUT2D eigenvalue weighted by Gasteiger charge is 2.48. The van der Waals surface area contributed by atoms with E-state index in [1.165, 1.54) is 16.0 Å². The zero-order valence-electron chi connectivity index (χ0n) is 18.3. The summed E-state index contributed by atoms with van der Waals surface area (Å²) in [6.45, 7) is 1.79. The normalized spacial score (nSPS) is 23.6. The van der Waals surface area contributed by atoms with Gasteiger partial charge in [-0.1, -0.05) is 36.4 Å². The summed E-state index contributed by atoms with van der Waals surface area (Å²) in [5.41, 5.74) is 2.92. The maximum Gasteiger partial charge on any atom is 0.237 e. The molecule has 2 amide bonds. The van der Waals surface area contributed by atoms with E-state index in [0.717, 1.165) is 42.1 Å². The van der Waals surface area contributed by atoms with Crippen molar-refractivity contribution in [2.75, 3.05) is 13.7 Å². The van der Waals surface area contributed by atoms with Crippen LogP contribution in [0.25, 0.3) is 10.9 Å². The summed E-state index contributed by atoms with van der Waals surface area (Å²) in [5.74, 6) is -0.766. The van der Waals surface area contributed by atoms with Crippen LogP contribution < -0.4 is 4.74 Å². The van der Waals surface area contributed by atoms with Gasteiger partial charge in [0.2, 0.25) is 17.7 Å². The molecule has 2 aromatic rings. The lowest BCUT2D eigenvalue weighted by atomic mass is 9.82. The second-order valence-corrected chi connectivity index (χ2v) is 9.05. The molecule has 1 aromatic heterocycles. The molecular formula is C26H25N3O3. The Morgan fingerprint density at radius 2 is 1.78 bits per heavy atom. The molecule has 32 heavy (non-hydrogen) atoms. The Bertz CT molecular complexity index is 1210. The van der Waals surface area contributed by atoms with Crippen molar-refractivity contribution in [3.63, 3.8) is 0 Å². The van der Waals surface area contributed by atoms with E-state index in [1.54, 1.807) is 38.3 Å².